The third kappa shape index (κ3) is 4.97. The minimum Gasteiger partial charge on any atom is -0.466 e. The van der Waals surface area contributed by atoms with Crippen LogP contribution in [0.1, 0.15) is 50.0 Å². The van der Waals surface area contributed by atoms with Crippen molar-refractivity contribution in [3.8, 4) is 0 Å². The number of Topliss-reactive ketones (excluding diaryl/α,β-unsaturated/α-hetero) is 1. The Morgan fingerprint density at radius 1 is 1.19 bits per heavy atom. The summed E-state index contributed by atoms with van der Waals surface area (Å²) in [7, 11) is 1.67. The second-order valence-corrected chi connectivity index (χ2v) is 6.04. The quantitative estimate of drug-likeness (QED) is 0.647. The molecule has 4 nitrogen and oxygen atoms in total. The molecule has 0 saturated heterocycles. The predicted octanol–water partition coefficient (Wildman–Crippen LogP) is 2.71. The Labute approximate surface area is 126 Å². The van der Waals surface area contributed by atoms with E-state index in [0.717, 1.165) is 0 Å². The lowest BCUT2D eigenvalue weighted by atomic mass is 9.86. The molecule has 0 saturated carbocycles. The topological polar surface area (TPSA) is 55.4 Å². The van der Waals surface area contributed by atoms with Crippen LogP contribution in [0.4, 0.5) is 0 Å². The molecule has 0 aliphatic rings. The van der Waals surface area contributed by atoms with Gasteiger partial charge in [0.1, 0.15) is 0 Å². The summed E-state index contributed by atoms with van der Waals surface area (Å²) in [5.74, 6) is -0.456. The molecule has 1 unspecified atom stereocenters. The number of hydrogen-bond donors (Lipinski definition) is 1. The van der Waals surface area contributed by atoms with Gasteiger partial charge in [-0.1, -0.05) is 45.0 Å². The SMILES string of the molecule is CCOC(=O)CC(NC)C(=O)c1ccc(C(C)(C)C)cc1. The third-order valence-corrected chi connectivity index (χ3v) is 3.38. The number of hydrogen-bond acceptors (Lipinski definition) is 4. The van der Waals surface area contributed by atoms with Crippen LogP contribution in [0.3, 0.4) is 0 Å². The van der Waals surface area contributed by atoms with Crippen molar-refractivity contribution in [1.29, 1.82) is 0 Å². The summed E-state index contributed by atoms with van der Waals surface area (Å²) in [6.07, 6.45) is 0.0458. The molecule has 0 bridgehead atoms. The summed E-state index contributed by atoms with van der Waals surface area (Å²) in [4.78, 5) is 23.9. The average molecular weight is 291 g/mol. The fourth-order valence-electron chi connectivity index (χ4n) is 2.05. The number of rotatable bonds is 6. The Morgan fingerprint density at radius 3 is 2.19 bits per heavy atom. The maximum atomic E-state index is 12.4. The molecule has 0 radical (unpaired) electrons. The lowest BCUT2D eigenvalue weighted by Crippen LogP contribution is -2.36. The molecule has 1 aromatic rings. The number of nitrogens with one attached hydrogen (secondary N) is 1. The molecule has 21 heavy (non-hydrogen) atoms. The molecular weight excluding hydrogens is 266 g/mol. The summed E-state index contributed by atoms with van der Waals surface area (Å²) < 4.78 is 4.89. The predicted molar refractivity (Wildman–Crippen MR) is 83.6 cm³/mol. The molecule has 1 N–H and O–H groups in total. The van der Waals surface area contributed by atoms with Crippen molar-refractivity contribution in [3.63, 3.8) is 0 Å². The van der Waals surface area contributed by atoms with Crippen LogP contribution in [0.25, 0.3) is 0 Å². The fourth-order valence-corrected chi connectivity index (χ4v) is 2.05. The first-order chi connectivity index (χ1) is 9.79. The molecule has 0 aromatic heterocycles. The Morgan fingerprint density at radius 2 is 1.76 bits per heavy atom. The number of ether oxygens (including phenoxy) is 1. The highest BCUT2D eigenvalue weighted by Crippen LogP contribution is 2.22. The minimum atomic E-state index is -0.551. The number of carbonyl (C=O) groups excluding carboxylic acids is 2. The van der Waals surface area contributed by atoms with Gasteiger partial charge >= 0.3 is 5.97 Å². The molecule has 0 heterocycles. The summed E-state index contributed by atoms with van der Waals surface area (Å²) in [5, 5.41) is 2.88. The van der Waals surface area contributed by atoms with Crippen LogP contribution in [-0.2, 0) is 14.9 Å². The van der Waals surface area contributed by atoms with Gasteiger partial charge < -0.3 is 10.1 Å². The van der Waals surface area contributed by atoms with Gasteiger partial charge in [-0.15, -0.1) is 0 Å². The van der Waals surface area contributed by atoms with Crippen molar-refractivity contribution in [2.75, 3.05) is 13.7 Å². The van der Waals surface area contributed by atoms with Gasteiger partial charge in [-0.05, 0) is 24.9 Å². The van der Waals surface area contributed by atoms with E-state index in [1.807, 2.05) is 24.3 Å². The standard InChI is InChI=1S/C17H25NO3/c1-6-21-15(19)11-14(18-5)16(20)12-7-9-13(10-8-12)17(2,3)4/h7-10,14,18H,6,11H2,1-5H3. The van der Waals surface area contributed by atoms with Crippen LogP contribution in [0.15, 0.2) is 24.3 Å². The zero-order valence-corrected chi connectivity index (χ0v) is 13.5. The Kier molecular flexibility index (Phi) is 6.09. The Hall–Kier alpha value is -1.68. The van der Waals surface area contributed by atoms with Crippen LogP contribution >= 0.6 is 0 Å². The third-order valence-electron chi connectivity index (χ3n) is 3.38. The fraction of sp³-hybridized carbons (Fsp3) is 0.529. The van der Waals surface area contributed by atoms with Crippen molar-refractivity contribution in [1.82, 2.24) is 5.32 Å². The van der Waals surface area contributed by atoms with E-state index in [9.17, 15) is 9.59 Å². The van der Waals surface area contributed by atoms with Gasteiger partial charge in [0.15, 0.2) is 5.78 Å². The molecule has 0 aliphatic heterocycles. The number of carbonyl (C=O) groups is 2. The number of ketones is 1. The van der Waals surface area contributed by atoms with Crippen LogP contribution in [0.5, 0.6) is 0 Å². The molecule has 0 spiro atoms. The van der Waals surface area contributed by atoms with E-state index in [2.05, 4.69) is 26.1 Å². The largest absolute Gasteiger partial charge is 0.466 e. The van der Waals surface area contributed by atoms with Gasteiger partial charge in [0, 0.05) is 5.56 Å². The molecule has 1 atom stereocenters. The first-order valence-corrected chi connectivity index (χ1v) is 7.27. The molecule has 0 fully saturated rings. The van der Waals surface area contributed by atoms with Gasteiger partial charge in [0.25, 0.3) is 0 Å². The monoisotopic (exact) mass is 291 g/mol. The van der Waals surface area contributed by atoms with E-state index in [0.29, 0.717) is 12.2 Å². The normalized spacial score (nSPS) is 12.8. The van der Waals surface area contributed by atoms with Gasteiger partial charge in [-0.3, -0.25) is 9.59 Å². The molecule has 4 heteroatoms. The van der Waals surface area contributed by atoms with Crippen molar-refractivity contribution in [3.05, 3.63) is 35.4 Å². The summed E-state index contributed by atoms with van der Waals surface area (Å²) >= 11 is 0. The first kappa shape index (κ1) is 17.4. The van der Waals surface area contributed by atoms with Gasteiger partial charge in [0.05, 0.1) is 19.1 Å². The van der Waals surface area contributed by atoms with Crippen molar-refractivity contribution in [2.24, 2.45) is 0 Å². The zero-order valence-electron chi connectivity index (χ0n) is 13.5. The minimum absolute atomic E-state index is 0.0458. The molecule has 0 aliphatic carbocycles. The van der Waals surface area contributed by atoms with E-state index in [1.165, 1.54) is 5.56 Å². The van der Waals surface area contributed by atoms with Gasteiger partial charge in [-0.25, -0.2) is 0 Å². The number of esters is 1. The average Bonchev–Trinajstić information content (AvgIpc) is 2.43. The summed E-state index contributed by atoms with van der Waals surface area (Å²) in [6.45, 7) is 8.45. The molecule has 0 amide bonds. The van der Waals surface area contributed by atoms with E-state index in [4.69, 9.17) is 4.74 Å². The Balaban J connectivity index is 2.83. The van der Waals surface area contributed by atoms with Crippen molar-refractivity contribution in [2.45, 2.75) is 45.6 Å². The van der Waals surface area contributed by atoms with Gasteiger partial charge in [0.2, 0.25) is 0 Å². The highest BCUT2D eigenvalue weighted by molar-refractivity contribution is 6.01. The van der Waals surface area contributed by atoms with Crippen LogP contribution in [-0.4, -0.2) is 31.4 Å². The highest BCUT2D eigenvalue weighted by Gasteiger charge is 2.22. The number of benzene rings is 1. The maximum Gasteiger partial charge on any atom is 0.307 e. The van der Waals surface area contributed by atoms with Crippen molar-refractivity contribution >= 4 is 11.8 Å². The van der Waals surface area contributed by atoms with Crippen molar-refractivity contribution < 1.29 is 14.3 Å². The van der Waals surface area contributed by atoms with E-state index < -0.39 is 6.04 Å². The van der Waals surface area contributed by atoms with E-state index in [1.54, 1.807) is 14.0 Å². The molecule has 1 aromatic carbocycles. The summed E-state index contributed by atoms with van der Waals surface area (Å²) in [5.41, 5.74) is 1.83. The van der Waals surface area contributed by atoms with Crippen LogP contribution < -0.4 is 5.32 Å². The lowest BCUT2D eigenvalue weighted by Gasteiger charge is -2.20. The highest BCUT2D eigenvalue weighted by atomic mass is 16.5. The van der Waals surface area contributed by atoms with Crippen LogP contribution in [0.2, 0.25) is 0 Å². The van der Waals surface area contributed by atoms with Crippen LogP contribution in [0, 0.1) is 0 Å². The van der Waals surface area contributed by atoms with Gasteiger partial charge in [-0.2, -0.15) is 0 Å². The zero-order chi connectivity index (χ0) is 16.0. The maximum absolute atomic E-state index is 12.4. The molecule has 116 valence electrons. The molecule has 1 rings (SSSR count). The lowest BCUT2D eigenvalue weighted by molar-refractivity contribution is -0.143. The molecular formula is C17H25NO3. The number of likely N-dealkylation sites (N-methyl/N-ethyl adjacent to an activating group) is 1. The second kappa shape index (κ2) is 7.36. The summed E-state index contributed by atoms with van der Waals surface area (Å²) in [6, 6.07) is 7.01. The second-order valence-electron chi connectivity index (χ2n) is 6.04. The van der Waals surface area contributed by atoms with E-state index >= 15 is 0 Å². The van der Waals surface area contributed by atoms with E-state index in [-0.39, 0.29) is 23.6 Å². The first-order valence-electron chi connectivity index (χ1n) is 7.27. The smallest absolute Gasteiger partial charge is 0.307 e. The Bertz CT molecular complexity index is 486.